The molecule has 0 amide bonds. The molecule has 3 N–H and O–H groups in total. The third kappa shape index (κ3) is 10.5. The molecule has 0 spiro atoms. The summed E-state index contributed by atoms with van der Waals surface area (Å²) in [5.41, 5.74) is 1.86. The van der Waals surface area contributed by atoms with Gasteiger partial charge in [0.15, 0.2) is 0 Å². The highest BCUT2D eigenvalue weighted by Crippen LogP contribution is 2.48. The molecule has 1 atom stereocenters. The second-order valence-electron chi connectivity index (χ2n) is 8.12. The molecular formula is C23H41N4O5P. The van der Waals surface area contributed by atoms with Crippen LogP contribution in [0.2, 0.25) is 0 Å². The Morgan fingerprint density at radius 1 is 0.970 bits per heavy atom. The number of aromatic amines is 2. The molecule has 0 aliphatic heterocycles. The SMILES string of the molecule is CCCCCCCCOCCCOP(=O)(CCCNCc1c[nH]c2c(=O)[nH]cnc12)OCC. The van der Waals surface area contributed by atoms with E-state index in [1.807, 2.05) is 6.92 Å². The third-order valence-electron chi connectivity index (χ3n) is 5.34. The van der Waals surface area contributed by atoms with E-state index in [9.17, 15) is 9.36 Å². The lowest BCUT2D eigenvalue weighted by Gasteiger charge is -2.18. The van der Waals surface area contributed by atoms with Crippen molar-refractivity contribution in [2.24, 2.45) is 0 Å². The van der Waals surface area contributed by atoms with Gasteiger partial charge >= 0.3 is 7.60 Å². The minimum atomic E-state index is -3.10. The van der Waals surface area contributed by atoms with Crippen LogP contribution < -0.4 is 10.9 Å². The van der Waals surface area contributed by atoms with Gasteiger partial charge in [-0.1, -0.05) is 39.0 Å². The first kappa shape index (κ1) is 27.7. The van der Waals surface area contributed by atoms with Gasteiger partial charge in [0.25, 0.3) is 5.56 Å². The first-order valence-corrected chi connectivity index (χ1v) is 14.0. The van der Waals surface area contributed by atoms with Crippen molar-refractivity contribution in [3.05, 3.63) is 28.4 Å². The topological polar surface area (TPSA) is 118 Å². The molecule has 0 aliphatic carbocycles. The van der Waals surface area contributed by atoms with Gasteiger partial charge in [-0.25, -0.2) is 4.98 Å². The maximum Gasteiger partial charge on any atom is 0.330 e. The van der Waals surface area contributed by atoms with Crippen LogP contribution >= 0.6 is 7.60 Å². The number of rotatable bonds is 20. The largest absolute Gasteiger partial charge is 0.381 e. The zero-order chi connectivity index (χ0) is 23.8. The van der Waals surface area contributed by atoms with Crippen LogP contribution in [0.3, 0.4) is 0 Å². The van der Waals surface area contributed by atoms with Gasteiger partial charge in [0, 0.05) is 31.5 Å². The number of nitrogens with zero attached hydrogens (tertiary/aromatic N) is 1. The predicted molar refractivity (Wildman–Crippen MR) is 132 cm³/mol. The van der Waals surface area contributed by atoms with E-state index < -0.39 is 7.60 Å². The van der Waals surface area contributed by atoms with Gasteiger partial charge in [0.05, 0.1) is 31.2 Å². The maximum absolute atomic E-state index is 12.9. The van der Waals surface area contributed by atoms with Crippen LogP contribution in [0.25, 0.3) is 11.0 Å². The van der Waals surface area contributed by atoms with Crippen LogP contribution in [0.4, 0.5) is 0 Å². The number of fused-ring (bicyclic) bond motifs is 1. The Hall–Kier alpha value is -1.51. The van der Waals surface area contributed by atoms with E-state index in [0.717, 1.165) is 18.6 Å². The molecule has 2 aromatic rings. The molecule has 0 aliphatic rings. The first-order valence-electron chi connectivity index (χ1n) is 12.3. The lowest BCUT2D eigenvalue weighted by Crippen LogP contribution is -2.16. The van der Waals surface area contributed by atoms with E-state index in [1.54, 1.807) is 6.20 Å². The van der Waals surface area contributed by atoms with Gasteiger partial charge in [0.2, 0.25) is 0 Å². The Kier molecular flexibility index (Phi) is 13.6. The summed E-state index contributed by atoms with van der Waals surface area (Å²) in [7, 11) is -3.10. The van der Waals surface area contributed by atoms with Crippen molar-refractivity contribution in [2.75, 3.05) is 39.1 Å². The molecular weight excluding hydrogens is 443 g/mol. The summed E-state index contributed by atoms with van der Waals surface area (Å²) in [5.74, 6) is 0. The Bertz CT molecular complexity index is 885. The van der Waals surface area contributed by atoms with E-state index in [2.05, 4.69) is 27.2 Å². The molecule has 0 saturated carbocycles. The molecule has 2 rings (SSSR count). The highest BCUT2D eigenvalue weighted by Gasteiger charge is 2.23. The second kappa shape index (κ2) is 16.2. The van der Waals surface area contributed by atoms with Gasteiger partial charge in [0.1, 0.15) is 5.52 Å². The Labute approximate surface area is 196 Å². The van der Waals surface area contributed by atoms with Crippen LogP contribution in [0.5, 0.6) is 0 Å². The Morgan fingerprint density at radius 2 is 1.76 bits per heavy atom. The zero-order valence-corrected chi connectivity index (χ0v) is 21.1. The molecule has 0 bridgehead atoms. The normalized spacial score (nSPS) is 13.5. The number of unbranched alkanes of at least 4 members (excludes halogenated alkanes) is 5. The van der Waals surface area contributed by atoms with E-state index in [-0.39, 0.29) is 5.56 Å². The van der Waals surface area contributed by atoms with Gasteiger partial charge < -0.3 is 29.1 Å². The lowest BCUT2D eigenvalue weighted by molar-refractivity contribution is 0.111. The molecule has 1 unspecified atom stereocenters. The zero-order valence-electron chi connectivity index (χ0n) is 20.2. The summed E-state index contributed by atoms with van der Waals surface area (Å²) >= 11 is 0. The van der Waals surface area contributed by atoms with Crippen LogP contribution in [0.15, 0.2) is 17.3 Å². The molecule has 0 fully saturated rings. The van der Waals surface area contributed by atoms with E-state index in [0.29, 0.717) is 62.9 Å². The van der Waals surface area contributed by atoms with Crippen LogP contribution in [-0.4, -0.2) is 54.1 Å². The number of aromatic nitrogens is 3. The van der Waals surface area contributed by atoms with E-state index >= 15 is 0 Å². The van der Waals surface area contributed by atoms with Gasteiger partial charge in [-0.05, 0) is 32.7 Å². The number of nitrogens with one attached hydrogen (secondary N) is 3. The molecule has 33 heavy (non-hydrogen) atoms. The maximum atomic E-state index is 12.9. The first-order chi connectivity index (χ1) is 16.1. The standard InChI is InChI=1S/C23H41N4O5P/c1-3-5-6-7-8-9-13-30-14-11-15-32-33(29,31-4-2)16-10-12-24-17-20-18-25-22-21(20)26-19-27-23(22)28/h18-19,24-25H,3-17H2,1-2H3,(H,26,27,28). The highest BCUT2D eigenvalue weighted by molar-refractivity contribution is 7.53. The molecule has 2 heterocycles. The van der Waals surface area contributed by atoms with Crippen molar-refractivity contribution in [3.8, 4) is 0 Å². The van der Waals surface area contributed by atoms with Crippen molar-refractivity contribution in [1.29, 1.82) is 0 Å². The third-order valence-corrected chi connectivity index (χ3v) is 7.43. The summed E-state index contributed by atoms with van der Waals surface area (Å²) in [4.78, 5) is 21.5. The number of hydrogen-bond acceptors (Lipinski definition) is 7. The second-order valence-corrected chi connectivity index (χ2v) is 10.3. The fourth-order valence-corrected chi connectivity index (χ4v) is 5.25. The minimum absolute atomic E-state index is 0.186. The molecule has 9 nitrogen and oxygen atoms in total. The molecule has 2 aromatic heterocycles. The summed E-state index contributed by atoms with van der Waals surface area (Å²) in [6, 6.07) is 0. The summed E-state index contributed by atoms with van der Waals surface area (Å²) in [6.45, 7) is 7.38. The molecule has 188 valence electrons. The van der Waals surface area contributed by atoms with Gasteiger partial charge in [-0.2, -0.15) is 0 Å². The fraction of sp³-hybridized carbons (Fsp3) is 0.739. The minimum Gasteiger partial charge on any atom is -0.381 e. The summed E-state index contributed by atoms with van der Waals surface area (Å²) < 4.78 is 29.7. The number of H-pyrrole nitrogens is 2. The fourth-order valence-electron chi connectivity index (χ4n) is 3.57. The van der Waals surface area contributed by atoms with Crippen molar-refractivity contribution in [1.82, 2.24) is 20.3 Å². The van der Waals surface area contributed by atoms with E-state index in [4.69, 9.17) is 13.8 Å². The molecule has 10 heteroatoms. The Balaban J connectivity index is 1.57. The van der Waals surface area contributed by atoms with Crippen molar-refractivity contribution < 1.29 is 18.3 Å². The Morgan fingerprint density at radius 3 is 2.58 bits per heavy atom. The quantitative estimate of drug-likeness (QED) is 0.183. The van der Waals surface area contributed by atoms with E-state index in [1.165, 1.54) is 38.4 Å². The molecule has 0 saturated heterocycles. The summed E-state index contributed by atoms with van der Waals surface area (Å²) in [6.07, 6.45) is 12.4. The smallest absolute Gasteiger partial charge is 0.330 e. The monoisotopic (exact) mass is 484 g/mol. The van der Waals surface area contributed by atoms with Crippen molar-refractivity contribution in [3.63, 3.8) is 0 Å². The molecule has 0 aromatic carbocycles. The van der Waals surface area contributed by atoms with Crippen molar-refractivity contribution in [2.45, 2.75) is 71.8 Å². The average Bonchev–Trinajstić information content (AvgIpc) is 3.22. The predicted octanol–water partition coefficient (Wildman–Crippen LogP) is 4.74. The molecule has 0 radical (unpaired) electrons. The van der Waals surface area contributed by atoms with Gasteiger partial charge in [-0.3, -0.25) is 9.36 Å². The summed E-state index contributed by atoms with van der Waals surface area (Å²) in [5, 5.41) is 3.30. The average molecular weight is 485 g/mol. The van der Waals surface area contributed by atoms with Crippen molar-refractivity contribution >= 4 is 18.6 Å². The number of hydrogen-bond donors (Lipinski definition) is 3. The van der Waals surface area contributed by atoms with Crippen LogP contribution in [0.1, 0.15) is 70.8 Å². The van der Waals surface area contributed by atoms with Crippen LogP contribution in [0, 0.1) is 0 Å². The lowest BCUT2D eigenvalue weighted by atomic mass is 10.1. The number of ether oxygens (including phenoxy) is 1. The highest BCUT2D eigenvalue weighted by atomic mass is 31.2. The van der Waals surface area contributed by atoms with Gasteiger partial charge in [-0.15, -0.1) is 0 Å². The van der Waals surface area contributed by atoms with Crippen LogP contribution in [-0.2, 0) is 24.9 Å².